The number of methoxy groups -OCH3 is 1. The summed E-state index contributed by atoms with van der Waals surface area (Å²) < 4.78 is 16.1. The Kier molecular flexibility index (Phi) is 5.52. The Labute approximate surface area is 107 Å². The van der Waals surface area contributed by atoms with E-state index in [1.807, 2.05) is 6.92 Å². The molecule has 2 unspecified atom stereocenters. The fourth-order valence-electron chi connectivity index (χ4n) is 2.50. The van der Waals surface area contributed by atoms with Crippen LogP contribution in [0.5, 0.6) is 0 Å². The van der Waals surface area contributed by atoms with Gasteiger partial charge in [-0.25, -0.2) is 0 Å². The van der Waals surface area contributed by atoms with Crippen molar-refractivity contribution < 1.29 is 24.4 Å². The lowest BCUT2D eigenvalue weighted by molar-refractivity contribution is -0.267. The van der Waals surface area contributed by atoms with Crippen molar-refractivity contribution in [3.05, 3.63) is 0 Å². The van der Waals surface area contributed by atoms with Crippen LogP contribution in [-0.4, -0.2) is 60.9 Å². The van der Waals surface area contributed by atoms with E-state index in [4.69, 9.17) is 19.6 Å². The van der Waals surface area contributed by atoms with E-state index in [0.717, 1.165) is 6.40 Å². The van der Waals surface area contributed by atoms with Gasteiger partial charge in [0.15, 0.2) is 6.40 Å². The van der Waals surface area contributed by atoms with Gasteiger partial charge in [-0.15, -0.1) is 0 Å². The fraction of sp³-hybridized carbons (Fsp3) is 0.917. The van der Waals surface area contributed by atoms with E-state index in [0.29, 0.717) is 6.42 Å². The van der Waals surface area contributed by atoms with E-state index in [1.54, 1.807) is 6.92 Å². The maximum Gasteiger partial charge on any atom is 0.166 e. The molecule has 1 rings (SSSR count). The van der Waals surface area contributed by atoms with E-state index in [-0.39, 0.29) is 25.2 Å². The molecular formula is C12H23NO5. The highest BCUT2D eigenvalue weighted by Crippen LogP contribution is 2.37. The Morgan fingerprint density at radius 3 is 2.61 bits per heavy atom. The van der Waals surface area contributed by atoms with Gasteiger partial charge in [-0.1, -0.05) is 6.92 Å². The van der Waals surface area contributed by atoms with Crippen molar-refractivity contribution in [2.45, 2.75) is 44.2 Å². The molecule has 1 aliphatic heterocycles. The van der Waals surface area contributed by atoms with Gasteiger partial charge in [-0.3, -0.25) is 5.41 Å². The minimum absolute atomic E-state index is 0.195. The molecule has 0 amide bonds. The van der Waals surface area contributed by atoms with E-state index >= 15 is 0 Å². The molecule has 0 aromatic heterocycles. The molecule has 18 heavy (non-hydrogen) atoms. The zero-order chi connectivity index (χ0) is 13.8. The minimum atomic E-state index is -0.976. The first kappa shape index (κ1) is 15.4. The van der Waals surface area contributed by atoms with Crippen LogP contribution in [0.1, 0.15) is 20.3 Å². The predicted octanol–water partition coefficient (Wildman–Crippen LogP) is 0.162. The molecule has 0 aliphatic carbocycles. The predicted molar refractivity (Wildman–Crippen MR) is 65.7 cm³/mol. The lowest BCUT2D eigenvalue weighted by Gasteiger charge is -2.49. The molecule has 0 spiro atoms. The molecule has 0 saturated carbocycles. The summed E-state index contributed by atoms with van der Waals surface area (Å²) in [6, 6.07) is 0. The van der Waals surface area contributed by atoms with E-state index in [1.165, 1.54) is 7.11 Å². The number of ether oxygens (including phenoxy) is 3. The number of hydrogen-bond donors (Lipinski definition) is 3. The van der Waals surface area contributed by atoms with Gasteiger partial charge in [0, 0.05) is 13.0 Å². The lowest BCUT2D eigenvalue weighted by Crippen LogP contribution is -2.64. The average Bonchev–Trinajstić information content (AvgIpc) is 2.40. The highest BCUT2D eigenvalue weighted by Gasteiger charge is 2.52. The van der Waals surface area contributed by atoms with Gasteiger partial charge >= 0.3 is 0 Å². The van der Waals surface area contributed by atoms with Crippen molar-refractivity contribution in [1.82, 2.24) is 0 Å². The van der Waals surface area contributed by atoms with Gasteiger partial charge in [0.2, 0.25) is 0 Å². The molecule has 0 radical (unpaired) electrons. The molecule has 1 heterocycles. The van der Waals surface area contributed by atoms with Crippen LogP contribution in [0.4, 0.5) is 0 Å². The normalized spacial score (nSPS) is 40.5. The summed E-state index contributed by atoms with van der Waals surface area (Å²) in [4.78, 5) is 0. The second-order valence-electron chi connectivity index (χ2n) is 4.70. The van der Waals surface area contributed by atoms with Crippen LogP contribution >= 0.6 is 0 Å². The summed E-state index contributed by atoms with van der Waals surface area (Å²) in [5.41, 5.74) is -0.976. The second-order valence-corrected chi connectivity index (χ2v) is 4.70. The molecule has 1 saturated heterocycles. The van der Waals surface area contributed by atoms with E-state index in [2.05, 4.69) is 0 Å². The van der Waals surface area contributed by atoms with E-state index in [9.17, 15) is 10.2 Å². The van der Waals surface area contributed by atoms with Crippen LogP contribution in [0.2, 0.25) is 0 Å². The Morgan fingerprint density at radius 1 is 1.50 bits per heavy atom. The summed E-state index contributed by atoms with van der Waals surface area (Å²) in [7, 11) is 1.48. The van der Waals surface area contributed by atoms with Gasteiger partial charge in [0.25, 0.3) is 0 Å². The average molecular weight is 261 g/mol. The SMILES string of the molecule is CC[C@H]1OC(CO)[C@](C)(OC)[C@@H](O)C1COC=N. The van der Waals surface area contributed by atoms with Crippen molar-refractivity contribution in [2.75, 3.05) is 20.3 Å². The molecule has 6 nitrogen and oxygen atoms in total. The fourth-order valence-corrected chi connectivity index (χ4v) is 2.50. The Morgan fingerprint density at radius 2 is 2.17 bits per heavy atom. The number of aliphatic hydroxyl groups excluding tert-OH is 2. The maximum atomic E-state index is 10.4. The zero-order valence-electron chi connectivity index (χ0n) is 11.1. The third kappa shape index (κ3) is 2.66. The number of nitrogens with one attached hydrogen (secondary N) is 1. The second kappa shape index (κ2) is 6.47. The van der Waals surface area contributed by atoms with Crippen LogP contribution in [-0.2, 0) is 14.2 Å². The topological polar surface area (TPSA) is 92.0 Å². The van der Waals surface area contributed by atoms with Gasteiger partial charge in [-0.2, -0.15) is 0 Å². The minimum Gasteiger partial charge on any atom is -0.483 e. The first-order valence-corrected chi connectivity index (χ1v) is 6.15. The molecule has 1 fully saturated rings. The van der Waals surface area contributed by atoms with Gasteiger partial charge in [-0.05, 0) is 13.3 Å². The summed E-state index contributed by atoms with van der Waals surface area (Å²) in [6.07, 6.45) is -0.0709. The Balaban J connectivity index is 2.92. The molecule has 0 bridgehead atoms. The third-order valence-electron chi connectivity index (χ3n) is 3.83. The van der Waals surface area contributed by atoms with E-state index < -0.39 is 17.8 Å². The molecule has 5 atom stereocenters. The van der Waals surface area contributed by atoms with Crippen molar-refractivity contribution >= 4 is 6.40 Å². The molecule has 106 valence electrons. The van der Waals surface area contributed by atoms with Crippen LogP contribution in [0, 0.1) is 11.3 Å². The first-order chi connectivity index (χ1) is 8.54. The number of rotatable bonds is 6. The monoisotopic (exact) mass is 261 g/mol. The molecule has 6 heteroatoms. The molecular weight excluding hydrogens is 238 g/mol. The van der Waals surface area contributed by atoms with Gasteiger partial charge in [0.05, 0.1) is 25.4 Å². The van der Waals surface area contributed by atoms with Crippen molar-refractivity contribution in [3.63, 3.8) is 0 Å². The quantitative estimate of drug-likeness (QED) is 0.468. The maximum absolute atomic E-state index is 10.4. The molecule has 1 aliphatic rings. The summed E-state index contributed by atoms with van der Waals surface area (Å²) >= 11 is 0. The molecule has 0 aromatic carbocycles. The largest absolute Gasteiger partial charge is 0.483 e. The molecule has 0 aromatic rings. The number of hydrogen-bond acceptors (Lipinski definition) is 6. The van der Waals surface area contributed by atoms with Crippen LogP contribution in [0.15, 0.2) is 0 Å². The van der Waals surface area contributed by atoms with Crippen molar-refractivity contribution in [2.24, 2.45) is 5.92 Å². The molecule has 3 N–H and O–H groups in total. The highest BCUT2D eigenvalue weighted by atomic mass is 16.6. The summed E-state index contributed by atoms with van der Waals surface area (Å²) in [5.74, 6) is -0.288. The Bertz CT molecular complexity index is 275. The van der Waals surface area contributed by atoms with Gasteiger partial charge in [0.1, 0.15) is 11.7 Å². The van der Waals surface area contributed by atoms with Crippen LogP contribution < -0.4 is 0 Å². The van der Waals surface area contributed by atoms with Crippen molar-refractivity contribution in [3.8, 4) is 0 Å². The van der Waals surface area contributed by atoms with Crippen molar-refractivity contribution in [1.29, 1.82) is 5.41 Å². The summed E-state index contributed by atoms with van der Waals surface area (Å²) in [6.45, 7) is 3.64. The summed E-state index contributed by atoms with van der Waals surface area (Å²) in [5, 5.41) is 26.7. The standard InChI is InChI=1S/C12H23NO5/c1-4-9-8(6-17-7-13)11(15)12(2,16-3)10(5-14)18-9/h7-11,13-15H,4-6H2,1-3H3/t8?,9-,10?,11+,12+/m1/s1. The Hall–Kier alpha value is -0.690. The first-order valence-electron chi connectivity index (χ1n) is 6.15. The van der Waals surface area contributed by atoms with Gasteiger partial charge < -0.3 is 24.4 Å². The van der Waals surface area contributed by atoms with Crippen LogP contribution in [0.25, 0.3) is 0 Å². The zero-order valence-corrected chi connectivity index (χ0v) is 11.1. The number of aliphatic hydroxyl groups is 2. The smallest absolute Gasteiger partial charge is 0.166 e. The third-order valence-corrected chi connectivity index (χ3v) is 3.83. The lowest BCUT2D eigenvalue weighted by atomic mass is 9.78. The highest BCUT2D eigenvalue weighted by molar-refractivity contribution is 5.41. The van der Waals surface area contributed by atoms with Crippen LogP contribution in [0.3, 0.4) is 0 Å².